The summed E-state index contributed by atoms with van der Waals surface area (Å²) >= 11 is 0. The average molecular weight is 476 g/mol. The standard InChI is InChI=1S/C24H29N9O2/c1-4-19-23(30-15-5-6-16(34)7-15)32-20-18(11-26-22(25)21(20)31-19)14-8-29-33(12-14)24-27-9-17(10-28-24)35-13(2)3/h8-13,15-16,34H,4-7H2,1-3H3,(H2,25,26)(H,30,32)/t15-,16+/m1/s1. The highest BCUT2D eigenvalue weighted by molar-refractivity contribution is 5.96. The number of anilines is 2. The highest BCUT2D eigenvalue weighted by atomic mass is 16.5. The van der Waals surface area contributed by atoms with E-state index in [1.807, 2.05) is 27.0 Å². The zero-order chi connectivity index (χ0) is 24.5. The van der Waals surface area contributed by atoms with Gasteiger partial charge in [-0.3, -0.25) is 0 Å². The van der Waals surface area contributed by atoms with E-state index in [1.54, 1.807) is 29.5 Å². The van der Waals surface area contributed by atoms with E-state index in [2.05, 4.69) is 25.4 Å². The Hall–Kier alpha value is -3.86. The van der Waals surface area contributed by atoms with Gasteiger partial charge in [-0.1, -0.05) is 6.92 Å². The van der Waals surface area contributed by atoms with Crippen LogP contribution >= 0.6 is 0 Å². The van der Waals surface area contributed by atoms with Gasteiger partial charge in [0.25, 0.3) is 5.95 Å². The lowest BCUT2D eigenvalue weighted by atomic mass is 10.1. The maximum atomic E-state index is 9.93. The predicted molar refractivity (Wildman–Crippen MR) is 132 cm³/mol. The Morgan fingerprint density at radius 1 is 1.11 bits per heavy atom. The minimum atomic E-state index is -0.277. The minimum Gasteiger partial charge on any atom is -0.488 e. The Morgan fingerprint density at radius 2 is 1.91 bits per heavy atom. The summed E-state index contributed by atoms with van der Waals surface area (Å²) in [4.78, 5) is 22.8. The number of aryl methyl sites for hydroxylation is 1. The molecule has 0 amide bonds. The zero-order valence-electron chi connectivity index (χ0n) is 20.0. The fraction of sp³-hybridized carbons (Fsp3) is 0.417. The number of hydrogen-bond donors (Lipinski definition) is 3. The number of nitrogens with two attached hydrogens (primary N) is 1. The van der Waals surface area contributed by atoms with Gasteiger partial charge in [-0.15, -0.1) is 0 Å². The van der Waals surface area contributed by atoms with Gasteiger partial charge in [-0.25, -0.2) is 29.6 Å². The third-order valence-corrected chi connectivity index (χ3v) is 5.96. The van der Waals surface area contributed by atoms with Crippen LogP contribution < -0.4 is 15.8 Å². The average Bonchev–Trinajstić information content (AvgIpc) is 3.48. The van der Waals surface area contributed by atoms with Gasteiger partial charge in [-0.2, -0.15) is 5.10 Å². The minimum absolute atomic E-state index is 0.0412. The van der Waals surface area contributed by atoms with Gasteiger partial charge in [0, 0.05) is 29.6 Å². The number of ether oxygens (including phenoxy) is 1. The number of nitrogen functional groups attached to an aromatic ring is 1. The Bertz CT molecular complexity index is 1340. The van der Waals surface area contributed by atoms with Crippen LogP contribution in [-0.2, 0) is 6.42 Å². The SMILES string of the molecule is CCc1nc2c(N)ncc(-c3cnn(-c4ncc(OC(C)C)cn4)c3)c2nc1N[C@@H]1CC[C@H](O)C1. The Morgan fingerprint density at radius 3 is 2.60 bits per heavy atom. The monoisotopic (exact) mass is 475 g/mol. The van der Waals surface area contributed by atoms with Crippen molar-refractivity contribution in [3.63, 3.8) is 0 Å². The fourth-order valence-corrected chi connectivity index (χ4v) is 4.28. The van der Waals surface area contributed by atoms with Crippen molar-refractivity contribution in [3.05, 3.63) is 36.7 Å². The van der Waals surface area contributed by atoms with Crippen LogP contribution in [0.4, 0.5) is 11.6 Å². The van der Waals surface area contributed by atoms with Crippen LogP contribution in [-0.4, -0.2) is 58.1 Å². The highest BCUT2D eigenvalue weighted by Crippen LogP contribution is 2.32. The molecule has 1 fully saturated rings. The van der Waals surface area contributed by atoms with E-state index in [0.717, 1.165) is 29.7 Å². The summed E-state index contributed by atoms with van der Waals surface area (Å²) in [6, 6.07) is 0.159. The van der Waals surface area contributed by atoms with E-state index in [-0.39, 0.29) is 18.2 Å². The van der Waals surface area contributed by atoms with E-state index in [4.69, 9.17) is 20.4 Å². The molecule has 0 aliphatic heterocycles. The number of hydrogen-bond acceptors (Lipinski definition) is 10. The summed E-state index contributed by atoms with van der Waals surface area (Å²) in [7, 11) is 0. The summed E-state index contributed by atoms with van der Waals surface area (Å²) in [5.74, 6) is 2.05. The van der Waals surface area contributed by atoms with E-state index in [9.17, 15) is 5.11 Å². The number of nitrogens with zero attached hydrogens (tertiary/aromatic N) is 7. The summed E-state index contributed by atoms with van der Waals surface area (Å²) in [5.41, 5.74) is 9.73. The predicted octanol–water partition coefficient (Wildman–Crippen LogP) is 2.92. The molecule has 0 aromatic carbocycles. The molecule has 0 unspecified atom stereocenters. The van der Waals surface area contributed by atoms with Crippen LogP contribution in [0.1, 0.15) is 45.7 Å². The Balaban J connectivity index is 1.51. The molecule has 2 atom stereocenters. The summed E-state index contributed by atoms with van der Waals surface area (Å²) in [5, 5.41) is 17.8. The molecule has 4 heterocycles. The van der Waals surface area contributed by atoms with E-state index in [1.165, 1.54) is 0 Å². The smallest absolute Gasteiger partial charge is 0.250 e. The van der Waals surface area contributed by atoms with Crippen molar-refractivity contribution >= 4 is 22.7 Å². The molecule has 0 bridgehead atoms. The number of pyridine rings is 1. The Labute approximate surface area is 202 Å². The molecular formula is C24H29N9O2. The van der Waals surface area contributed by atoms with Crippen molar-refractivity contribution in [2.24, 2.45) is 0 Å². The molecule has 0 radical (unpaired) electrons. The van der Waals surface area contributed by atoms with Gasteiger partial charge in [0.2, 0.25) is 0 Å². The van der Waals surface area contributed by atoms with Gasteiger partial charge in [-0.05, 0) is 39.5 Å². The molecule has 35 heavy (non-hydrogen) atoms. The normalized spacial score (nSPS) is 17.9. The number of nitrogens with one attached hydrogen (secondary N) is 1. The summed E-state index contributed by atoms with van der Waals surface area (Å²) in [6.07, 6.45) is 11.3. The quantitative estimate of drug-likeness (QED) is 0.364. The van der Waals surface area contributed by atoms with E-state index < -0.39 is 0 Å². The van der Waals surface area contributed by atoms with E-state index >= 15 is 0 Å². The highest BCUT2D eigenvalue weighted by Gasteiger charge is 2.24. The van der Waals surface area contributed by atoms with Crippen LogP contribution in [0.5, 0.6) is 5.75 Å². The van der Waals surface area contributed by atoms with Gasteiger partial charge < -0.3 is 20.9 Å². The lowest BCUT2D eigenvalue weighted by Crippen LogP contribution is -2.19. The second-order valence-electron chi connectivity index (χ2n) is 8.99. The number of aliphatic hydroxyl groups excluding tert-OH is 1. The van der Waals surface area contributed by atoms with Crippen molar-refractivity contribution in [2.45, 2.75) is 64.7 Å². The zero-order valence-corrected chi connectivity index (χ0v) is 20.0. The molecule has 4 aromatic heterocycles. The second-order valence-corrected chi connectivity index (χ2v) is 8.99. The van der Waals surface area contributed by atoms with Crippen LogP contribution in [0.2, 0.25) is 0 Å². The first-order valence-corrected chi connectivity index (χ1v) is 11.8. The van der Waals surface area contributed by atoms with Crippen molar-refractivity contribution < 1.29 is 9.84 Å². The molecular weight excluding hydrogens is 446 g/mol. The molecule has 182 valence electrons. The summed E-state index contributed by atoms with van der Waals surface area (Å²) < 4.78 is 7.20. The lowest BCUT2D eigenvalue weighted by Gasteiger charge is -2.17. The molecule has 11 nitrogen and oxygen atoms in total. The number of aliphatic hydroxyl groups is 1. The Kier molecular flexibility index (Phi) is 6.16. The molecule has 4 aromatic rings. The number of aromatic nitrogens is 7. The molecule has 0 saturated heterocycles. The van der Waals surface area contributed by atoms with Gasteiger partial charge in [0.05, 0.1) is 36.5 Å². The first kappa shape index (κ1) is 22.9. The van der Waals surface area contributed by atoms with Crippen LogP contribution in [0.15, 0.2) is 31.0 Å². The third kappa shape index (κ3) is 4.72. The van der Waals surface area contributed by atoms with Crippen molar-refractivity contribution in [3.8, 4) is 22.8 Å². The van der Waals surface area contributed by atoms with Crippen molar-refractivity contribution in [1.82, 2.24) is 34.7 Å². The molecule has 1 aliphatic carbocycles. The number of fused-ring (bicyclic) bond motifs is 1. The number of rotatable bonds is 7. The molecule has 0 spiro atoms. The van der Waals surface area contributed by atoms with Crippen LogP contribution in [0, 0.1) is 0 Å². The van der Waals surface area contributed by atoms with Gasteiger partial charge >= 0.3 is 0 Å². The molecule has 11 heteroatoms. The van der Waals surface area contributed by atoms with Gasteiger partial charge in [0.1, 0.15) is 16.9 Å². The maximum Gasteiger partial charge on any atom is 0.250 e. The topological polar surface area (TPSA) is 150 Å². The van der Waals surface area contributed by atoms with Crippen LogP contribution in [0.25, 0.3) is 28.1 Å². The van der Waals surface area contributed by atoms with Crippen molar-refractivity contribution in [1.29, 1.82) is 0 Å². The van der Waals surface area contributed by atoms with Crippen LogP contribution in [0.3, 0.4) is 0 Å². The first-order valence-electron chi connectivity index (χ1n) is 11.8. The maximum absolute atomic E-state index is 9.93. The van der Waals surface area contributed by atoms with Gasteiger partial charge in [0.15, 0.2) is 11.6 Å². The molecule has 5 rings (SSSR count). The molecule has 1 aliphatic rings. The van der Waals surface area contributed by atoms with E-state index in [0.29, 0.717) is 47.2 Å². The second kappa shape index (κ2) is 9.41. The van der Waals surface area contributed by atoms with Crippen molar-refractivity contribution in [2.75, 3.05) is 11.1 Å². The molecule has 4 N–H and O–H groups in total. The first-order chi connectivity index (χ1) is 16.9. The fourth-order valence-electron chi connectivity index (χ4n) is 4.28. The largest absolute Gasteiger partial charge is 0.488 e. The lowest BCUT2D eigenvalue weighted by molar-refractivity contribution is 0.182. The summed E-state index contributed by atoms with van der Waals surface area (Å²) in [6.45, 7) is 5.92. The molecule has 1 saturated carbocycles. The third-order valence-electron chi connectivity index (χ3n) is 5.96.